The first-order valence-electron chi connectivity index (χ1n) is 22.0. The van der Waals surface area contributed by atoms with Crippen LogP contribution in [0, 0.1) is 0 Å². The molecule has 2 aliphatic rings. The van der Waals surface area contributed by atoms with Crippen LogP contribution < -0.4 is 4.90 Å². The lowest BCUT2D eigenvalue weighted by Gasteiger charge is -2.32. The summed E-state index contributed by atoms with van der Waals surface area (Å²) >= 11 is 0. The second-order valence-electron chi connectivity index (χ2n) is 17.1. The Labute approximate surface area is 369 Å². The summed E-state index contributed by atoms with van der Waals surface area (Å²) in [4.78, 5) is 2.38. The third-order valence-corrected chi connectivity index (χ3v) is 13.9. The zero-order valence-electron chi connectivity index (χ0n) is 34.6. The Kier molecular flexibility index (Phi) is 7.32. The zero-order valence-corrected chi connectivity index (χ0v) is 34.6. The molecule has 0 saturated heterocycles. The first-order valence-corrected chi connectivity index (χ1v) is 22.0. The monoisotopic (exact) mass is 815 g/mol. The Morgan fingerprint density at radius 3 is 1.44 bits per heavy atom. The van der Waals surface area contributed by atoms with Crippen molar-refractivity contribution in [3.05, 3.63) is 247 Å². The van der Waals surface area contributed by atoms with Crippen LogP contribution in [0.2, 0.25) is 0 Å². The third kappa shape index (κ3) is 4.86. The average molecular weight is 816 g/mol. The quantitative estimate of drug-likeness (QED) is 0.173. The number of fused-ring (bicyclic) bond motifs is 16. The first-order chi connectivity index (χ1) is 31.7. The predicted octanol–water partition coefficient (Wildman–Crippen LogP) is 16.6. The van der Waals surface area contributed by atoms with Gasteiger partial charge in [0.1, 0.15) is 22.3 Å². The molecule has 2 heterocycles. The molecule has 2 aromatic heterocycles. The van der Waals surface area contributed by atoms with Gasteiger partial charge in [-0.05, 0) is 110 Å². The second kappa shape index (κ2) is 13.3. The number of benzene rings is 10. The molecule has 14 rings (SSSR count). The topological polar surface area (TPSA) is 29.5 Å². The largest absolute Gasteiger partial charge is 0.456 e. The summed E-state index contributed by atoms with van der Waals surface area (Å²) in [5.41, 5.74) is 21.1. The summed E-state index contributed by atoms with van der Waals surface area (Å²) in [6.07, 6.45) is 0. The van der Waals surface area contributed by atoms with Crippen molar-refractivity contribution in [3.63, 3.8) is 0 Å². The van der Waals surface area contributed by atoms with E-state index >= 15 is 0 Å². The number of rotatable bonds is 5. The maximum atomic E-state index is 6.84. The Morgan fingerprint density at radius 1 is 0.281 bits per heavy atom. The first kappa shape index (κ1) is 35.2. The van der Waals surface area contributed by atoms with Gasteiger partial charge >= 0.3 is 0 Å². The van der Waals surface area contributed by atoms with Crippen LogP contribution in [0.1, 0.15) is 22.3 Å². The van der Waals surface area contributed by atoms with Crippen molar-refractivity contribution >= 4 is 60.9 Å². The van der Waals surface area contributed by atoms with Gasteiger partial charge in [0.25, 0.3) is 0 Å². The summed E-state index contributed by atoms with van der Waals surface area (Å²) in [6.45, 7) is 0. The summed E-state index contributed by atoms with van der Waals surface area (Å²) in [5.74, 6) is 0. The molecule has 12 aromatic rings. The molecule has 0 atom stereocenters. The van der Waals surface area contributed by atoms with E-state index in [1.165, 1.54) is 55.6 Å². The van der Waals surface area contributed by atoms with Crippen LogP contribution >= 0.6 is 0 Å². The fraction of sp³-hybridized carbons (Fsp3) is 0.0164. The molecular formula is C61H37NO2. The molecule has 3 heteroatoms. The van der Waals surface area contributed by atoms with E-state index in [0.717, 1.165) is 72.1 Å². The minimum Gasteiger partial charge on any atom is -0.456 e. The molecule has 298 valence electrons. The third-order valence-electron chi connectivity index (χ3n) is 13.9. The van der Waals surface area contributed by atoms with Crippen molar-refractivity contribution < 1.29 is 8.83 Å². The van der Waals surface area contributed by atoms with Crippen LogP contribution in [-0.2, 0) is 5.41 Å². The van der Waals surface area contributed by atoms with E-state index in [9.17, 15) is 0 Å². The molecule has 0 bridgehead atoms. The lowest BCUT2D eigenvalue weighted by Crippen LogP contribution is -2.26. The van der Waals surface area contributed by atoms with Gasteiger partial charge in [0.15, 0.2) is 0 Å². The van der Waals surface area contributed by atoms with Gasteiger partial charge < -0.3 is 13.7 Å². The molecule has 3 nitrogen and oxygen atoms in total. The van der Waals surface area contributed by atoms with Crippen molar-refractivity contribution in [2.45, 2.75) is 5.41 Å². The molecule has 1 spiro atoms. The smallest absolute Gasteiger partial charge is 0.143 e. The minimum atomic E-state index is -0.455. The fourth-order valence-electron chi connectivity index (χ4n) is 11.1. The van der Waals surface area contributed by atoms with E-state index in [2.05, 4.69) is 223 Å². The summed E-state index contributed by atoms with van der Waals surface area (Å²) in [7, 11) is 0. The normalized spacial score (nSPS) is 13.1. The van der Waals surface area contributed by atoms with Crippen molar-refractivity contribution in [2.75, 3.05) is 4.90 Å². The Bertz CT molecular complexity index is 3780. The molecule has 10 aromatic carbocycles. The van der Waals surface area contributed by atoms with E-state index in [1.54, 1.807) is 0 Å². The minimum absolute atomic E-state index is 0.455. The van der Waals surface area contributed by atoms with Crippen LogP contribution in [0.15, 0.2) is 233 Å². The Balaban J connectivity index is 0.961. The molecule has 2 aliphatic carbocycles. The number of anilines is 3. The second-order valence-corrected chi connectivity index (χ2v) is 17.1. The summed E-state index contributed by atoms with van der Waals surface area (Å²) in [6, 6.07) is 81.4. The van der Waals surface area contributed by atoms with Gasteiger partial charge in [-0.3, -0.25) is 0 Å². The lowest BCUT2D eigenvalue weighted by molar-refractivity contribution is 0.664. The van der Waals surface area contributed by atoms with Gasteiger partial charge in [0.2, 0.25) is 0 Å². The van der Waals surface area contributed by atoms with E-state index in [0.29, 0.717) is 0 Å². The van der Waals surface area contributed by atoms with Gasteiger partial charge in [-0.15, -0.1) is 0 Å². The summed E-state index contributed by atoms with van der Waals surface area (Å²) < 4.78 is 13.5. The SMILES string of the molecule is c1ccc(-c2ccc(N(c3ccc4c(c3)C3(c5ccccc5-c5ccccc53)c3ccccc3-4)c3ccc4c(c3)oc3cc5c(cc34)oc3c(-c4ccccc4)cccc35)cc2)cc1. The Morgan fingerprint density at radius 2 is 0.766 bits per heavy atom. The molecular weight excluding hydrogens is 779 g/mol. The van der Waals surface area contributed by atoms with E-state index < -0.39 is 5.41 Å². The van der Waals surface area contributed by atoms with Gasteiger partial charge in [-0.2, -0.15) is 0 Å². The van der Waals surface area contributed by atoms with E-state index in [-0.39, 0.29) is 0 Å². The Hall–Kier alpha value is -8.40. The highest BCUT2D eigenvalue weighted by Gasteiger charge is 2.51. The van der Waals surface area contributed by atoms with Crippen molar-refractivity contribution in [3.8, 4) is 44.5 Å². The van der Waals surface area contributed by atoms with Crippen LogP contribution in [0.5, 0.6) is 0 Å². The van der Waals surface area contributed by atoms with Crippen LogP contribution in [0.25, 0.3) is 88.4 Å². The number of para-hydroxylation sites is 1. The lowest BCUT2D eigenvalue weighted by atomic mass is 9.70. The molecule has 0 amide bonds. The zero-order chi connectivity index (χ0) is 41.9. The highest BCUT2D eigenvalue weighted by molar-refractivity contribution is 6.17. The highest BCUT2D eigenvalue weighted by atomic mass is 16.3. The average Bonchev–Trinajstić information content (AvgIpc) is 4.08. The van der Waals surface area contributed by atoms with Crippen LogP contribution in [0.3, 0.4) is 0 Å². The van der Waals surface area contributed by atoms with Gasteiger partial charge in [-0.25, -0.2) is 0 Å². The van der Waals surface area contributed by atoms with E-state index in [4.69, 9.17) is 8.83 Å². The summed E-state index contributed by atoms with van der Waals surface area (Å²) in [5, 5.41) is 4.20. The van der Waals surface area contributed by atoms with Gasteiger partial charge in [0.05, 0.1) is 5.41 Å². The maximum absolute atomic E-state index is 6.84. The number of hydrogen-bond acceptors (Lipinski definition) is 3. The van der Waals surface area contributed by atoms with Crippen LogP contribution in [0.4, 0.5) is 17.1 Å². The standard InChI is InChI=1S/C61H37NO2/c1-3-14-38(15-4-1)39-26-28-41(29-27-39)62(42-30-32-48-47-20-9-12-25-55(47)61(56(48)34-42)53-23-10-7-18-45(53)46-19-8-11-24-54(46)61)43-31-33-49-51-36-59-52(37-58(51)63-57(49)35-43)50-22-13-21-44(60(50)64-59)40-16-5-2-6-17-40/h1-37H. The number of furan rings is 2. The maximum Gasteiger partial charge on any atom is 0.143 e. The fourth-order valence-corrected chi connectivity index (χ4v) is 11.1. The highest BCUT2D eigenvalue weighted by Crippen LogP contribution is 2.63. The molecule has 0 radical (unpaired) electrons. The van der Waals surface area contributed by atoms with Crippen molar-refractivity contribution in [2.24, 2.45) is 0 Å². The molecule has 0 saturated carbocycles. The van der Waals surface area contributed by atoms with E-state index in [1.807, 2.05) is 6.07 Å². The number of hydrogen-bond donors (Lipinski definition) is 0. The molecule has 0 fully saturated rings. The van der Waals surface area contributed by atoms with Crippen LogP contribution in [-0.4, -0.2) is 0 Å². The van der Waals surface area contributed by atoms with Gasteiger partial charge in [-0.1, -0.05) is 170 Å². The number of nitrogens with zero attached hydrogens (tertiary/aromatic N) is 1. The van der Waals surface area contributed by atoms with Crippen molar-refractivity contribution in [1.82, 2.24) is 0 Å². The van der Waals surface area contributed by atoms with Crippen molar-refractivity contribution in [1.29, 1.82) is 0 Å². The predicted molar refractivity (Wildman–Crippen MR) is 263 cm³/mol. The molecule has 0 aliphatic heterocycles. The van der Waals surface area contributed by atoms with Gasteiger partial charge in [0, 0.05) is 50.2 Å². The molecule has 0 unspecified atom stereocenters. The molecule has 0 N–H and O–H groups in total. The molecule has 64 heavy (non-hydrogen) atoms.